The minimum absolute atomic E-state index is 0.0612. The third-order valence-corrected chi connectivity index (χ3v) is 3.23. The first-order valence-electron chi connectivity index (χ1n) is 5.07. The van der Waals surface area contributed by atoms with Crippen LogP contribution in [0, 0.1) is 10.1 Å². The van der Waals surface area contributed by atoms with Gasteiger partial charge in [0.25, 0.3) is 0 Å². The Morgan fingerprint density at radius 2 is 2.31 bits per heavy atom. The number of hydrogen-bond acceptors (Lipinski definition) is 5. The maximum absolute atomic E-state index is 10.9. The number of nitrogens with zero attached hydrogens (tertiary/aromatic N) is 1. The SMILES string of the molecule is CCCCSc1cccc(NN)c1[N+](=O)[O-]. The molecule has 0 saturated carbocycles. The summed E-state index contributed by atoms with van der Waals surface area (Å²) in [4.78, 5) is 11.2. The van der Waals surface area contributed by atoms with Crippen molar-refractivity contribution in [3.05, 3.63) is 28.3 Å². The second kappa shape index (κ2) is 6.34. The number of nitrogens with one attached hydrogen (secondary N) is 1. The lowest BCUT2D eigenvalue weighted by molar-refractivity contribution is -0.386. The number of hydrogen-bond donors (Lipinski definition) is 2. The number of thioether (sulfide) groups is 1. The molecule has 0 spiro atoms. The van der Waals surface area contributed by atoms with Crippen molar-refractivity contribution in [1.82, 2.24) is 0 Å². The summed E-state index contributed by atoms with van der Waals surface area (Å²) in [6.45, 7) is 2.09. The van der Waals surface area contributed by atoms with Gasteiger partial charge in [-0.2, -0.15) is 0 Å². The van der Waals surface area contributed by atoms with Crippen LogP contribution in [-0.4, -0.2) is 10.7 Å². The second-order valence-electron chi connectivity index (χ2n) is 3.26. The minimum atomic E-state index is -0.399. The molecule has 16 heavy (non-hydrogen) atoms. The molecule has 6 heteroatoms. The zero-order chi connectivity index (χ0) is 12.0. The molecule has 0 aromatic heterocycles. The Balaban J connectivity index is 2.93. The predicted octanol–water partition coefficient (Wildman–Crippen LogP) is 2.77. The Hall–Kier alpha value is -1.27. The summed E-state index contributed by atoms with van der Waals surface area (Å²) < 4.78 is 0. The fraction of sp³-hybridized carbons (Fsp3) is 0.400. The van der Waals surface area contributed by atoms with Crippen molar-refractivity contribution in [3.8, 4) is 0 Å². The smallest absolute Gasteiger partial charge is 0.307 e. The minimum Gasteiger partial charge on any atom is -0.318 e. The van der Waals surface area contributed by atoms with E-state index in [4.69, 9.17) is 5.84 Å². The van der Waals surface area contributed by atoms with Crippen LogP contribution >= 0.6 is 11.8 Å². The van der Waals surface area contributed by atoms with E-state index in [0.717, 1.165) is 18.6 Å². The number of nitrogens with two attached hydrogens (primary N) is 1. The molecule has 3 N–H and O–H groups in total. The molecule has 0 atom stereocenters. The Labute approximate surface area is 98.5 Å². The summed E-state index contributed by atoms with van der Waals surface area (Å²) >= 11 is 1.49. The Morgan fingerprint density at radius 1 is 1.56 bits per heavy atom. The van der Waals surface area contributed by atoms with Crippen LogP contribution in [0.4, 0.5) is 11.4 Å². The Bertz CT molecular complexity index is 371. The third-order valence-electron chi connectivity index (χ3n) is 2.09. The van der Waals surface area contributed by atoms with Crippen LogP contribution in [0.15, 0.2) is 23.1 Å². The van der Waals surface area contributed by atoms with Crippen molar-refractivity contribution in [3.63, 3.8) is 0 Å². The normalized spacial score (nSPS) is 10.1. The van der Waals surface area contributed by atoms with Crippen LogP contribution < -0.4 is 11.3 Å². The number of unbranched alkanes of at least 4 members (excludes halogenated alkanes) is 1. The van der Waals surface area contributed by atoms with Gasteiger partial charge >= 0.3 is 5.69 Å². The summed E-state index contributed by atoms with van der Waals surface area (Å²) in [5, 5.41) is 10.9. The van der Waals surface area contributed by atoms with Crippen LogP contribution in [0.5, 0.6) is 0 Å². The van der Waals surface area contributed by atoms with Crippen molar-refractivity contribution in [2.75, 3.05) is 11.2 Å². The van der Waals surface area contributed by atoms with Crippen LogP contribution in [0.1, 0.15) is 19.8 Å². The van der Waals surface area contributed by atoms with Gasteiger partial charge in [-0.3, -0.25) is 16.0 Å². The van der Waals surface area contributed by atoms with Gasteiger partial charge in [0.15, 0.2) is 0 Å². The van der Waals surface area contributed by atoms with Crippen molar-refractivity contribution in [2.45, 2.75) is 24.7 Å². The summed E-state index contributed by atoms with van der Waals surface area (Å²) in [5.41, 5.74) is 2.77. The summed E-state index contributed by atoms with van der Waals surface area (Å²) in [6, 6.07) is 5.11. The first kappa shape index (κ1) is 12.8. The summed E-state index contributed by atoms with van der Waals surface area (Å²) in [7, 11) is 0. The molecule has 0 saturated heterocycles. The third kappa shape index (κ3) is 3.11. The highest BCUT2D eigenvalue weighted by Crippen LogP contribution is 2.35. The van der Waals surface area contributed by atoms with Crippen molar-refractivity contribution in [1.29, 1.82) is 0 Å². The quantitative estimate of drug-likeness (QED) is 0.263. The van der Waals surface area contributed by atoms with E-state index in [0.29, 0.717) is 10.6 Å². The molecule has 0 fully saturated rings. The molecule has 5 nitrogen and oxygen atoms in total. The summed E-state index contributed by atoms with van der Waals surface area (Å²) in [6.07, 6.45) is 2.12. The van der Waals surface area contributed by atoms with E-state index in [9.17, 15) is 10.1 Å². The monoisotopic (exact) mass is 241 g/mol. The van der Waals surface area contributed by atoms with Gasteiger partial charge < -0.3 is 5.43 Å². The van der Waals surface area contributed by atoms with E-state index in [1.54, 1.807) is 18.2 Å². The van der Waals surface area contributed by atoms with Gasteiger partial charge in [0.1, 0.15) is 5.69 Å². The highest BCUT2D eigenvalue weighted by molar-refractivity contribution is 7.99. The molecule has 0 unspecified atom stereocenters. The second-order valence-corrected chi connectivity index (χ2v) is 4.39. The largest absolute Gasteiger partial charge is 0.318 e. The first-order valence-corrected chi connectivity index (χ1v) is 6.06. The number of hydrazine groups is 1. The van der Waals surface area contributed by atoms with Crippen LogP contribution in [0.25, 0.3) is 0 Å². The molecule has 0 aliphatic carbocycles. The predicted molar refractivity (Wildman–Crippen MR) is 66.5 cm³/mol. The average molecular weight is 241 g/mol. The molecule has 0 radical (unpaired) electrons. The molecule has 1 aromatic carbocycles. The molecule has 88 valence electrons. The molecule has 1 aromatic rings. The Kier molecular flexibility index (Phi) is 5.07. The number of benzene rings is 1. The first-order chi connectivity index (χ1) is 7.70. The lowest BCUT2D eigenvalue weighted by Crippen LogP contribution is -2.09. The molecule has 1 rings (SSSR count). The number of rotatable bonds is 6. The van der Waals surface area contributed by atoms with Gasteiger partial charge in [-0.15, -0.1) is 11.8 Å². The zero-order valence-electron chi connectivity index (χ0n) is 9.10. The van der Waals surface area contributed by atoms with Gasteiger partial charge in [0.05, 0.1) is 9.82 Å². The lowest BCUT2D eigenvalue weighted by atomic mass is 10.3. The maximum Gasteiger partial charge on any atom is 0.307 e. The highest BCUT2D eigenvalue weighted by atomic mass is 32.2. The molecular formula is C10H15N3O2S. The molecule has 0 amide bonds. The zero-order valence-corrected chi connectivity index (χ0v) is 9.92. The van der Waals surface area contributed by atoms with Crippen molar-refractivity contribution >= 4 is 23.1 Å². The topological polar surface area (TPSA) is 81.2 Å². The summed E-state index contributed by atoms with van der Waals surface area (Å²) in [5.74, 6) is 6.13. The molecule has 0 bridgehead atoms. The number of nitro groups is 1. The lowest BCUT2D eigenvalue weighted by Gasteiger charge is -2.06. The fourth-order valence-electron chi connectivity index (χ4n) is 1.27. The van der Waals surface area contributed by atoms with Crippen molar-refractivity contribution < 1.29 is 4.92 Å². The molecule has 0 aliphatic rings. The molecule has 0 heterocycles. The van der Waals surface area contributed by atoms with E-state index in [-0.39, 0.29) is 5.69 Å². The van der Waals surface area contributed by atoms with Gasteiger partial charge in [-0.05, 0) is 24.3 Å². The van der Waals surface area contributed by atoms with E-state index >= 15 is 0 Å². The number of para-hydroxylation sites is 1. The standard InChI is InChI=1S/C10H15N3O2S/c1-2-3-7-16-9-6-4-5-8(12-11)10(9)13(14)15/h4-6,12H,2-3,7,11H2,1H3. The average Bonchev–Trinajstić information content (AvgIpc) is 2.28. The molecule has 0 aliphatic heterocycles. The number of anilines is 1. The van der Waals surface area contributed by atoms with Crippen molar-refractivity contribution in [2.24, 2.45) is 5.84 Å². The van der Waals surface area contributed by atoms with E-state index in [1.165, 1.54) is 11.8 Å². The number of nitrogen functional groups attached to an aromatic ring is 1. The Morgan fingerprint density at radius 3 is 2.88 bits per heavy atom. The maximum atomic E-state index is 10.9. The van der Waals surface area contributed by atoms with Crippen LogP contribution in [0.2, 0.25) is 0 Å². The van der Waals surface area contributed by atoms with Gasteiger partial charge in [-0.25, -0.2) is 0 Å². The van der Waals surface area contributed by atoms with E-state index in [1.807, 2.05) is 0 Å². The molecular weight excluding hydrogens is 226 g/mol. The number of nitro benzene ring substituents is 1. The van der Waals surface area contributed by atoms with Gasteiger partial charge in [-0.1, -0.05) is 19.4 Å². The van der Waals surface area contributed by atoms with E-state index in [2.05, 4.69) is 12.3 Å². The van der Waals surface area contributed by atoms with Gasteiger partial charge in [0, 0.05) is 0 Å². The van der Waals surface area contributed by atoms with Crippen LogP contribution in [-0.2, 0) is 0 Å². The van der Waals surface area contributed by atoms with Crippen LogP contribution in [0.3, 0.4) is 0 Å². The van der Waals surface area contributed by atoms with E-state index < -0.39 is 4.92 Å². The fourth-order valence-corrected chi connectivity index (χ4v) is 2.42. The highest BCUT2D eigenvalue weighted by Gasteiger charge is 2.18. The van der Waals surface area contributed by atoms with Gasteiger partial charge in [0.2, 0.25) is 0 Å².